The zero-order valence-electron chi connectivity index (χ0n) is 13.1. The monoisotopic (exact) mass is 355 g/mol. The molecule has 1 saturated heterocycles. The molecule has 25 heavy (non-hydrogen) atoms. The first-order valence-electron chi connectivity index (χ1n) is 7.30. The average Bonchev–Trinajstić information content (AvgIpc) is 2.91. The molecule has 0 atom stereocenters. The van der Waals surface area contributed by atoms with Gasteiger partial charge in [0.25, 0.3) is 5.91 Å². The largest absolute Gasteiger partial charge is 0.545 e. The molecule has 1 heterocycles. The van der Waals surface area contributed by atoms with Gasteiger partial charge in [-0.15, -0.1) is 0 Å². The number of amides is 1. The second-order valence-electron chi connectivity index (χ2n) is 5.29. The van der Waals surface area contributed by atoms with Gasteiger partial charge in [-0.1, -0.05) is 30.3 Å². The Kier molecular flexibility index (Phi) is 4.67. The molecule has 0 saturated carbocycles. The van der Waals surface area contributed by atoms with Crippen molar-refractivity contribution in [1.29, 1.82) is 0 Å². The molecule has 1 amide bonds. The molecule has 1 N–H and O–H groups in total. The Hall–Kier alpha value is -2.93. The normalized spacial score (nSPS) is 17.1. The molecule has 0 unspecified atom stereocenters. The van der Waals surface area contributed by atoms with Crippen LogP contribution in [0.15, 0.2) is 52.4 Å². The van der Waals surface area contributed by atoms with E-state index in [1.165, 1.54) is 24.3 Å². The van der Waals surface area contributed by atoms with Gasteiger partial charge >= 0.3 is 0 Å². The molecular formula is C18H12FN2O3S-. The number of aliphatic imine (C=N–C) groups is 1. The Morgan fingerprint density at radius 2 is 2.04 bits per heavy atom. The lowest BCUT2D eigenvalue weighted by molar-refractivity contribution is -0.255. The van der Waals surface area contributed by atoms with Crippen molar-refractivity contribution in [1.82, 2.24) is 5.32 Å². The summed E-state index contributed by atoms with van der Waals surface area (Å²) < 4.78 is 13.7. The van der Waals surface area contributed by atoms with Crippen LogP contribution in [-0.4, -0.2) is 17.0 Å². The maximum atomic E-state index is 13.7. The van der Waals surface area contributed by atoms with Crippen LogP contribution in [0.4, 0.5) is 10.1 Å². The number of halogens is 1. The number of amidine groups is 1. The van der Waals surface area contributed by atoms with Gasteiger partial charge in [0.2, 0.25) is 0 Å². The number of aromatic carboxylic acids is 1. The molecule has 0 spiro atoms. The summed E-state index contributed by atoms with van der Waals surface area (Å²) in [5, 5.41) is 13.8. The van der Waals surface area contributed by atoms with Gasteiger partial charge in [0, 0.05) is 5.56 Å². The highest BCUT2D eigenvalue weighted by Gasteiger charge is 2.24. The first-order valence-corrected chi connectivity index (χ1v) is 8.12. The van der Waals surface area contributed by atoms with E-state index >= 15 is 0 Å². The van der Waals surface area contributed by atoms with E-state index < -0.39 is 11.8 Å². The summed E-state index contributed by atoms with van der Waals surface area (Å²) in [6.45, 7) is 1.77. The molecule has 0 radical (unpaired) electrons. The van der Waals surface area contributed by atoms with E-state index in [4.69, 9.17) is 0 Å². The zero-order chi connectivity index (χ0) is 18.0. The molecule has 0 bridgehead atoms. The lowest BCUT2D eigenvalue weighted by Gasteiger charge is -2.06. The first-order chi connectivity index (χ1) is 11.9. The van der Waals surface area contributed by atoms with Crippen molar-refractivity contribution in [3.8, 4) is 0 Å². The molecule has 2 aromatic rings. The third-order valence-electron chi connectivity index (χ3n) is 3.51. The fourth-order valence-electron chi connectivity index (χ4n) is 2.18. The van der Waals surface area contributed by atoms with Gasteiger partial charge in [-0.05, 0) is 48.0 Å². The number of hydrogen-bond donors (Lipinski definition) is 1. The number of carboxylic acid groups (broad SMARTS) is 1. The maximum Gasteiger partial charge on any atom is 0.264 e. The number of nitrogens with zero attached hydrogens (tertiary/aromatic N) is 1. The van der Waals surface area contributed by atoms with Crippen molar-refractivity contribution in [2.75, 3.05) is 0 Å². The summed E-state index contributed by atoms with van der Waals surface area (Å²) in [5.41, 5.74) is 1.47. The maximum absolute atomic E-state index is 13.7. The fourth-order valence-corrected chi connectivity index (χ4v) is 3.01. The van der Waals surface area contributed by atoms with Crippen LogP contribution in [0.5, 0.6) is 0 Å². The molecule has 1 fully saturated rings. The number of hydrogen-bond acceptors (Lipinski definition) is 5. The average molecular weight is 355 g/mol. The minimum atomic E-state index is -1.30. The van der Waals surface area contributed by atoms with Crippen LogP contribution in [0.3, 0.4) is 0 Å². The molecular weight excluding hydrogens is 343 g/mol. The van der Waals surface area contributed by atoms with E-state index in [2.05, 4.69) is 10.3 Å². The number of aryl methyl sites for hydroxylation is 1. The van der Waals surface area contributed by atoms with Crippen LogP contribution in [0.2, 0.25) is 0 Å². The molecule has 7 heteroatoms. The predicted molar refractivity (Wildman–Crippen MR) is 92.7 cm³/mol. The van der Waals surface area contributed by atoms with Gasteiger partial charge in [0.1, 0.15) is 5.82 Å². The highest BCUT2D eigenvalue weighted by molar-refractivity contribution is 8.18. The molecule has 1 aliphatic rings. The van der Waals surface area contributed by atoms with Crippen LogP contribution >= 0.6 is 11.8 Å². The number of carbonyl (C=O) groups is 2. The van der Waals surface area contributed by atoms with Gasteiger partial charge < -0.3 is 15.2 Å². The predicted octanol–water partition coefficient (Wildman–Crippen LogP) is 2.39. The van der Waals surface area contributed by atoms with E-state index in [-0.39, 0.29) is 11.5 Å². The van der Waals surface area contributed by atoms with E-state index in [0.717, 1.165) is 17.3 Å². The van der Waals surface area contributed by atoms with Gasteiger partial charge in [0.15, 0.2) is 5.17 Å². The van der Waals surface area contributed by atoms with Crippen LogP contribution in [0.1, 0.15) is 21.5 Å². The van der Waals surface area contributed by atoms with E-state index in [1.54, 1.807) is 31.2 Å². The lowest BCUT2D eigenvalue weighted by atomic mass is 10.1. The molecule has 2 aromatic carbocycles. The number of nitrogens with one attached hydrogen (secondary N) is 1. The van der Waals surface area contributed by atoms with Gasteiger partial charge in [0.05, 0.1) is 16.6 Å². The van der Waals surface area contributed by atoms with E-state index in [0.29, 0.717) is 21.3 Å². The molecule has 1 aliphatic heterocycles. The molecule has 0 aliphatic carbocycles. The summed E-state index contributed by atoms with van der Waals surface area (Å²) in [7, 11) is 0. The highest BCUT2D eigenvalue weighted by Crippen LogP contribution is 2.29. The van der Waals surface area contributed by atoms with Gasteiger partial charge in [-0.3, -0.25) is 4.79 Å². The van der Waals surface area contributed by atoms with E-state index in [9.17, 15) is 19.1 Å². The SMILES string of the molecule is Cc1ccc(C(=O)[O-])cc1N=C1NC(=O)/C(=C/c2ccccc2F)S1. The molecule has 126 valence electrons. The Morgan fingerprint density at radius 3 is 2.76 bits per heavy atom. The summed E-state index contributed by atoms with van der Waals surface area (Å²) in [6.07, 6.45) is 1.45. The number of benzene rings is 2. The van der Waals surface area contributed by atoms with Crippen LogP contribution in [-0.2, 0) is 4.79 Å². The summed E-state index contributed by atoms with van der Waals surface area (Å²) in [5.74, 6) is -2.11. The minimum absolute atomic E-state index is 0.00129. The van der Waals surface area contributed by atoms with Crippen LogP contribution < -0.4 is 10.4 Å². The number of thioether (sulfide) groups is 1. The van der Waals surface area contributed by atoms with Gasteiger partial charge in [-0.2, -0.15) is 0 Å². The third-order valence-corrected chi connectivity index (χ3v) is 4.42. The van der Waals surface area contributed by atoms with Crippen molar-refractivity contribution >= 4 is 40.6 Å². The first kappa shape index (κ1) is 16.9. The van der Waals surface area contributed by atoms with E-state index in [1.807, 2.05) is 0 Å². The number of carbonyl (C=O) groups excluding carboxylic acids is 2. The van der Waals surface area contributed by atoms with Crippen molar-refractivity contribution in [3.05, 3.63) is 69.9 Å². The summed E-state index contributed by atoms with van der Waals surface area (Å²) >= 11 is 1.06. The van der Waals surface area contributed by atoms with Crippen molar-refractivity contribution in [2.24, 2.45) is 4.99 Å². The number of carboxylic acids is 1. The number of rotatable bonds is 3. The smallest absolute Gasteiger partial charge is 0.264 e. The Bertz CT molecular complexity index is 938. The zero-order valence-corrected chi connectivity index (χ0v) is 13.9. The van der Waals surface area contributed by atoms with Crippen molar-refractivity contribution in [3.63, 3.8) is 0 Å². The molecule has 5 nitrogen and oxygen atoms in total. The second kappa shape index (κ2) is 6.90. The van der Waals surface area contributed by atoms with Crippen molar-refractivity contribution < 1.29 is 19.1 Å². The standard InChI is InChI=1S/C18H13FN2O3S/c1-10-6-7-12(17(23)24)8-14(10)20-18-21-16(22)15(25-18)9-11-4-2-3-5-13(11)19/h2-9H,1H3,(H,23,24)(H,20,21,22)/p-1/b15-9-. The van der Waals surface area contributed by atoms with Crippen molar-refractivity contribution in [2.45, 2.75) is 6.92 Å². The minimum Gasteiger partial charge on any atom is -0.545 e. The molecule has 3 rings (SSSR count). The fraction of sp³-hybridized carbons (Fsp3) is 0.0556. The van der Waals surface area contributed by atoms with Gasteiger partial charge in [-0.25, -0.2) is 9.38 Å². The lowest BCUT2D eigenvalue weighted by Crippen LogP contribution is -2.22. The Labute approximate surface area is 147 Å². The third kappa shape index (κ3) is 3.77. The summed E-state index contributed by atoms with van der Waals surface area (Å²) in [6, 6.07) is 10.5. The summed E-state index contributed by atoms with van der Waals surface area (Å²) in [4.78, 5) is 27.6. The second-order valence-corrected chi connectivity index (χ2v) is 6.32. The topological polar surface area (TPSA) is 81.6 Å². The Balaban J connectivity index is 1.90. The quantitative estimate of drug-likeness (QED) is 0.857. The van der Waals surface area contributed by atoms with Crippen LogP contribution in [0, 0.1) is 12.7 Å². The molecule has 0 aromatic heterocycles. The Morgan fingerprint density at radius 1 is 1.28 bits per heavy atom. The highest BCUT2D eigenvalue weighted by atomic mass is 32.2. The van der Waals surface area contributed by atoms with Crippen LogP contribution in [0.25, 0.3) is 6.08 Å².